The molecule has 0 aromatic heterocycles. The van der Waals surface area contributed by atoms with E-state index in [1.54, 1.807) is 0 Å². The fourth-order valence-electron chi connectivity index (χ4n) is 3.39. The van der Waals surface area contributed by atoms with Crippen molar-refractivity contribution in [3.8, 4) is 0 Å². The Morgan fingerprint density at radius 3 is 2.35 bits per heavy atom. The number of hydrogen-bond acceptors (Lipinski definition) is 3. The van der Waals surface area contributed by atoms with E-state index in [1.165, 1.54) is 20.0 Å². The van der Waals surface area contributed by atoms with Gasteiger partial charge in [-0.15, -0.1) is 0 Å². The summed E-state index contributed by atoms with van der Waals surface area (Å²) in [6.45, 7) is 0.0124. The van der Waals surface area contributed by atoms with Gasteiger partial charge in [0.05, 0.1) is 0 Å². The minimum atomic E-state index is -0.712. The van der Waals surface area contributed by atoms with E-state index in [0.717, 1.165) is 44.9 Å². The Hall–Kier alpha value is -1.10. The smallest absolute Gasteiger partial charge is 0.246 e. The standard InChI is InChI=1S/C15H26N2O3/c1-20-11-13(18)17-15(9-5-2-6-10-15)14(19)16-12-7-3-4-8-12/h12H,2-11H2,1H3,(H,16,19)(H,17,18). The Morgan fingerprint density at radius 1 is 1.10 bits per heavy atom. The summed E-state index contributed by atoms with van der Waals surface area (Å²) in [6, 6.07) is 0.292. The Balaban J connectivity index is 2.00. The molecule has 114 valence electrons. The minimum Gasteiger partial charge on any atom is -0.375 e. The highest BCUT2D eigenvalue weighted by atomic mass is 16.5. The molecule has 0 aromatic rings. The van der Waals surface area contributed by atoms with Crippen LogP contribution in [-0.2, 0) is 14.3 Å². The van der Waals surface area contributed by atoms with Crippen molar-refractivity contribution in [2.75, 3.05) is 13.7 Å². The van der Waals surface area contributed by atoms with Gasteiger partial charge in [0.1, 0.15) is 12.1 Å². The van der Waals surface area contributed by atoms with Crippen LogP contribution in [0.3, 0.4) is 0 Å². The third kappa shape index (κ3) is 3.72. The molecule has 2 fully saturated rings. The van der Waals surface area contributed by atoms with Gasteiger partial charge in [-0.2, -0.15) is 0 Å². The molecule has 0 spiro atoms. The summed E-state index contributed by atoms with van der Waals surface area (Å²) in [5.41, 5.74) is -0.712. The van der Waals surface area contributed by atoms with E-state index in [4.69, 9.17) is 4.74 Å². The van der Waals surface area contributed by atoms with Gasteiger partial charge in [0.15, 0.2) is 0 Å². The van der Waals surface area contributed by atoms with Crippen molar-refractivity contribution >= 4 is 11.8 Å². The van der Waals surface area contributed by atoms with Crippen LogP contribution in [0.2, 0.25) is 0 Å². The molecule has 0 unspecified atom stereocenters. The molecule has 0 saturated heterocycles. The monoisotopic (exact) mass is 282 g/mol. The lowest BCUT2D eigenvalue weighted by Crippen LogP contribution is -2.61. The maximum atomic E-state index is 12.6. The van der Waals surface area contributed by atoms with E-state index in [0.29, 0.717) is 6.04 Å². The van der Waals surface area contributed by atoms with Gasteiger partial charge >= 0.3 is 0 Å². The zero-order valence-electron chi connectivity index (χ0n) is 12.4. The molecule has 2 amide bonds. The van der Waals surface area contributed by atoms with Crippen LogP contribution in [0.5, 0.6) is 0 Å². The lowest BCUT2D eigenvalue weighted by atomic mass is 9.80. The van der Waals surface area contributed by atoms with E-state index < -0.39 is 5.54 Å². The Kier molecular flexibility index (Phi) is 5.40. The average Bonchev–Trinajstić information content (AvgIpc) is 2.93. The van der Waals surface area contributed by atoms with Gasteiger partial charge < -0.3 is 15.4 Å². The Bertz CT molecular complexity index is 345. The van der Waals surface area contributed by atoms with Crippen LogP contribution in [0.4, 0.5) is 0 Å². The molecular formula is C15H26N2O3. The van der Waals surface area contributed by atoms with Gasteiger partial charge in [0, 0.05) is 13.2 Å². The van der Waals surface area contributed by atoms with E-state index in [2.05, 4.69) is 10.6 Å². The molecule has 0 atom stereocenters. The first-order chi connectivity index (χ1) is 9.66. The van der Waals surface area contributed by atoms with Gasteiger partial charge in [-0.05, 0) is 25.7 Å². The molecule has 2 aliphatic rings. The molecule has 0 aromatic carbocycles. The van der Waals surface area contributed by atoms with Crippen molar-refractivity contribution in [1.29, 1.82) is 0 Å². The van der Waals surface area contributed by atoms with E-state index in [1.807, 2.05) is 0 Å². The second-order valence-electron chi connectivity index (χ2n) is 6.08. The first-order valence-electron chi connectivity index (χ1n) is 7.77. The number of carbonyl (C=O) groups is 2. The molecule has 0 heterocycles. The van der Waals surface area contributed by atoms with Crippen LogP contribution in [0.15, 0.2) is 0 Å². The topological polar surface area (TPSA) is 67.4 Å². The molecule has 20 heavy (non-hydrogen) atoms. The summed E-state index contributed by atoms with van der Waals surface area (Å²) in [5, 5.41) is 6.07. The largest absolute Gasteiger partial charge is 0.375 e. The molecule has 2 saturated carbocycles. The van der Waals surface area contributed by atoms with E-state index in [-0.39, 0.29) is 18.4 Å². The molecule has 2 rings (SSSR count). The molecule has 0 radical (unpaired) electrons. The molecular weight excluding hydrogens is 256 g/mol. The zero-order chi connectivity index (χ0) is 14.4. The maximum absolute atomic E-state index is 12.6. The summed E-state index contributed by atoms with van der Waals surface area (Å²) in [6.07, 6.45) is 9.10. The Labute approximate surface area is 120 Å². The fraction of sp³-hybridized carbons (Fsp3) is 0.867. The zero-order valence-corrected chi connectivity index (χ0v) is 12.4. The predicted octanol–water partition coefficient (Wildman–Crippen LogP) is 1.51. The summed E-state index contributed by atoms with van der Waals surface area (Å²) < 4.78 is 4.86. The number of amides is 2. The number of methoxy groups -OCH3 is 1. The normalized spacial score (nSPS) is 22.4. The first kappa shape index (κ1) is 15.3. The minimum absolute atomic E-state index is 0.00792. The van der Waals surface area contributed by atoms with E-state index in [9.17, 15) is 9.59 Å². The van der Waals surface area contributed by atoms with Crippen LogP contribution in [0.25, 0.3) is 0 Å². The maximum Gasteiger partial charge on any atom is 0.246 e. The molecule has 0 bridgehead atoms. The fourth-order valence-corrected chi connectivity index (χ4v) is 3.39. The van der Waals surface area contributed by atoms with Crippen LogP contribution in [0, 0.1) is 0 Å². The van der Waals surface area contributed by atoms with Crippen molar-refractivity contribution in [3.63, 3.8) is 0 Å². The molecule has 2 aliphatic carbocycles. The van der Waals surface area contributed by atoms with Gasteiger partial charge in [0.2, 0.25) is 11.8 Å². The first-order valence-corrected chi connectivity index (χ1v) is 7.77. The van der Waals surface area contributed by atoms with Crippen molar-refractivity contribution < 1.29 is 14.3 Å². The third-order valence-corrected chi connectivity index (χ3v) is 4.49. The third-order valence-electron chi connectivity index (χ3n) is 4.49. The van der Waals surface area contributed by atoms with Crippen LogP contribution in [-0.4, -0.2) is 37.1 Å². The van der Waals surface area contributed by atoms with Crippen molar-refractivity contribution in [1.82, 2.24) is 10.6 Å². The van der Waals surface area contributed by atoms with Crippen LogP contribution < -0.4 is 10.6 Å². The number of carbonyl (C=O) groups excluding carboxylic acids is 2. The molecule has 0 aliphatic heterocycles. The van der Waals surface area contributed by atoms with Gasteiger partial charge in [-0.1, -0.05) is 32.1 Å². The predicted molar refractivity (Wildman–Crippen MR) is 76.2 cm³/mol. The lowest BCUT2D eigenvalue weighted by molar-refractivity contribution is -0.137. The van der Waals surface area contributed by atoms with Crippen molar-refractivity contribution in [2.24, 2.45) is 0 Å². The van der Waals surface area contributed by atoms with Crippen LogP contribution >= 0.6 is 0 Å². The Morgan fingerprint density at radius 2 is 1.75 bits per heavy atom. The second-order valence-corrected chi connectivity index (χ2v) is 6.08. The van der Waals surface area contributed by atoms with Gasteiger partial charge in [-0.3, -0.25) is 9.59 Å². The summed E-state index contributed by atoms with van der Waals surface area (Å²) in [5.74, 6) is -0.190. The van der Waals surface area contributed by atoms with Gasteiger partial charge in [-0.25, -0.2) is 0 Å². The number of hydrogen-bond donors (Lipinski definition) is 2. The van der Waals surface area contributed by atoms with Crippen LogP contribution in [0.1, 0.15) is 57.8 Å². The second kappa shape index (κ2) is 7.07. The summed E-state index contributed by atoms with van der Waals surface area (Å²) in [7, 11) is 1.49. The number of rotatable bonds is 5. The highest BCUT2D eigenvalue weighted by Gasteiger charge is 2.41. The van der Waals surface area contributed by atoms with E-state index >= 15 is 0 Å². The highest BCUT2D eigenvalue weighted by molar-refractivity contribution is 5.92. The highest BCUT2D eigenvalue weighted by Crippen LogP contribution is 2.29. The summed E-state index contributed by atoms with van der Waals surface area (Å²) in [4.78, 5) is 24.5. The molecule has 2 N–H and O–H groups in total. The molecule has 5 heteroatoms. The summed E-state index contributed by atoms with van der Waals surface area (Å²) >= 11 is 0. The van der Waals surface area contributed by atoms with Crippen molar-refractivity contribution in [2.45, 2.75) is 69.4 Å². The number of ether oxygens (including phenoxy) is 1. The van der Waals surface area contributed by atoms with Crippen molar-refractivity contribution in [3.05, 3.63) is 0 Å². The van der Waals surface area contributed by atoms with Gasteiger partial charge in [0.25, 0.3) is 0 Å². The SMILES string of the molecule is COCC(=O)NC1(C(=O)NC2CCCC2)CCCCC1. The molecule has 5 nitrogen and oxygen atoms in total. The lowest BCUT2D eigenvalue weighted by Gasteiger charge is -2.37. The number of nitrogens with one attached hydrogen (secondary N) is 2. The average molecular weight is 282 g/mol. The quantitative estimate of drug-likeness (QED) is 0.803.